The van der Waals surface area contributed by atoms with E-state index in [9.17, 15) is 0 Å². The third-order valence-electron chi connectivity index (χ3n) is 1.55. The van der Waals surface area contributed by atoms with Gasteiger partial charge in [0.25, 0.3) is 0 Å². The number of nitrogen functional groups attached to an aromatic ring is 1. The number of anilines is 1. The largest absolute Gasteiger partial charge is 0.506 e. The van der Waals surface area contributed by atoms with Gasteiger partial charge >= 0.3 is 0 Å². The summed E-state index contributed by atoms with van der Waals surface area (Å²) in [5, 5.41) is 9.11. The minimum Gasteiger partial charge on any atom is -0.506 e. The second-order valence-corrected chi connectivity index (χ2v) is 2.20. The molecule has 1 aromatic carbocycles. The summed E-state index contributed by atoms with van der Waals surface area (Å²) in [4.78, 5) is 0. The van der Waals surface area contributed by atoms with Gasteiger partial charge in [-0.2, -0.15) is 0 Å². The molecule has 0 bridgehead atoms. The quantitative estimate of drug-likeness (QED) is 0.425. The molecule has 6 N–H and O–H groups in total. The van der Waals surface area contributed by atoms with Crippen molar-refractivity contribution in [1.29, 1.82) is 0 Å². The first-order chi connectivity index (χ1) is 4.75. The lowest BCUT2D eigenvalue weighted by Crippen LogP contribution is -1.91. The van der Waals surface area contributed by atoms with Crippen LogP contribution in [0.25, 0.3) is 0 Å². The van der Waals surface area contributed by atoms with Gasteiger partial charge in [0.2, 0.25) is 0 Å². The second kappa shape index (κ2) is 3.83. The normalized spacial score (nSPS) is 8.82. The molecule has 0 amide bonds. The lowest BCUT2D eigenvalue weighted by atomic mass is 10.1. The highest BCUT2D eigenvalue weighted by Crippen LogP contribution is 2.23. The van der Waals surface area contributed by atoms with E-state index in [-0.39, 0.29) is 11.9 Å². The summed E-state index contributed by atoms with van der Waals surface area (Å²) in [5.74, 6) is 0.180. The second-order valence-electron chi connectivity index (χ2n) is 2.20. The van der Waals surface area contributed by atoms with Gasteiger partial charge in [-0.1, -0.05) is 19.1 Å². The van der Waals surface area contributed by atoms with Crippen molar-refractivity contribution in [3.05, 3.63) is 23.8 Å². The van der Waals surface area contributed by atoms with Gasteiger partial charge in [-0.3, -0.25) is 0 Å². The molecule has 0 spiro atoms. The number of phenols is 1. The van der Waals surface area contributed by atoms with Crippen LogP contribution in [0.3, 0.4) is 0 Å². The van der Waals surface area contributed by atoms with Gasteiger partial charge in [-0.15, -0.1) is 0 Å². The Labute approximate surface area is 66.4 Å². The number of phenolic OH excluding ortho intramolecular Hbond substituents is 1. The molecule has 3 heteroatoms. The zero-order valence-corrected chi connectivity index (χ0v) is 6.67. The van der Waals surface area contributed by atoms with Crippen LogP contribution in [0.5, 0.6) is 5.75 Å². The maximum Gasteiger partial charge on any atom is 0.138 e. The van der Waals surface area contributed by atoms with E-state index in [1.54, 1.807) is 12.1 Å². The van der Waals surface area contributed by atoms with E-state index >= 15 is 0 Å². The van der Waals surface area contributed by atoms with Gasteiger partial charge in [-0.25, -0.2) is 0 Å². The van der Waals surface area contributed by atoms with Crippen molar-refractivity contribution in [2.75, 3.05) is 5.73 Å². The van der Waals surface area contributed by atoms with Gasteiger partial charge in [0, 0.05) is 0 Å². The Balaban J connectivity index is 0.000001000. The highest BCUT2D eigenvalue weighted by molar-refractivity contribution is 5.57. The SMILES string of the molecule is CCc1cccc(O)c1N.N. The van der Waals surface area contributed by atoms with Crippen molar-refractivity contribution in [2.45, 2.75) is 13.3 Å². The number of para-hydroxylation sites is 1. The van der Waals surface area contributed by atoms with Crippen molar-refractivity contribution < 1.29 is 5.11 Å². The van der Waals surface area contributed by atoms with E-state index in [2.05, 4.69) is 0 Å². The van der Waals surface area contributed by atoms with E-state index in [4.69, 9.17) is 10.8 Å². The lowest BCUT2D eigenvalue weighted by Gasteiger charge is -2.02. The minimum atomic E-state index is 0. The topological polar surface area (TPSA) is 81.2 Å². The Morgan fingerprint density at radius 2 is 2.09 bits per heavy atom. The summed E-state index contributed by atoms with van der Waals surface area (Å²) in [6, 6.07) is 5.30. The molecule has 0 aliphatic rings. The van der Waals surface area contributed by atoms with Gasteiger partial charge in [0.05, 0.1) is 5.69 Å². The molecule has 0 radical (unpaired) electrons. The summed E-state index contributed by atoms with van der Waals surface area (Å²) >= 11 is 0. The first-order valence-electron chi connectivity index (χ1n) is 3.32. The van der Waals surface area contributed by atoms with Crippen LogP contribution in [-0.2, 0) is 6.42 Å². The van der Waals surface area contributed by atoms with Gasteiger partial charge in [0.1, 0.15) is 5.75 Å². The zero-order chi connectivity index (χ0) is 7.56. The van der Waals surface area contributed by atoms with Crippen molar-refractivity contribution >= 4 is 5.69 Å². The van der Waals surface area contributed by atoms with E-state index < -0.39 is 0 Å². The molecule has 0 heterocycles. The number of benzene rings is 1. The number of rotatable bonds is 1. The highest BCUT2D eigenvalue weighted by atomic mass is 16.3. The fourth-order valence-electron chi connectivity index (χ4n) is 0.908. The number of hydrogen-bond acceptors (Lipinski definition) is 3. The van der Waals surface area contributed by atoms with E-state index in [1.807, 2.05) is 13.0 Å². The van der Waals surface area contributed by atoms with E-state index in [0.29, 0.717) is 5.69 Å². The maximum atomic E-state index is 9.11. The van der Waals surface area contributed by atoms with Crippen molar-refractivity contribution in [1.82, 2.24) is 6.15 Å². The Bertz CT molecular complexity index is 236. The van der Waals surface area contributed by atoms with Crippen LogP contribution in [0.1, 0.15) is 12.5 Å². The highest BCUT2D eigenvalue weighted by Gasteiger charge is 1.99. The Hall–Kier alpha value is -1.22. The summed E-state index contributed by atoms with van der Waals surface area (Å²) in [6.45, 7) is 2.01. The van der Waals surface area contributed by atoms with E-state index in [1.165, 1.54) is 0 Å². The number of aryl methyl sites for hydroxylation is 1. The summed E-state index contributed by atoms with van der Waals surface area (Å²) < 4.78 is 0. The van der Waals surface area contributed by atoms with Crippen LogP contribution in [-0.4, -0.2) is 5.11 Å². The van der Waals surface area contributed by atoms with E-state index in [0.717, 1.165) is 12.0 Å². The van der Waals surface area contributed by atoms with Gasteiger partial charge in [0.15, 0.2) is 0 Å². The molecule has 0 atom stereocenters. The molecule has 0 aromatic heterocycles. The average Bonchev–Trinajstić information content (AvgIpc) is 1.95. The lowest BCUT2D eigenvalue weighted by molar-refractivity contribution is 0.477. The molecular weight excluding hydrogens is 140 g/mol. The van der Waals surface area contributed by atoms with Crippen LogP contribution in [0.4, 0.5) is 5.69 Å². The predicted octanol–water partition coefficient (Wildman–Crippen LogP) is 1.70. The molecule has 0 fully saturated rings. The smallest absolute Gasteiger partial charge is 0.138 e. The van der Waals surface area contributed by atoms with Crippen LogP contribution in [0.2, 0.25) is 0 Å². The first-order valence-corrected chi connectivity index (χ1v) is 3.32. The standard InChI is InChI=1S/C8H11NO.H3N/c1-2-6-4-3-5-7(10)8(6)9;/h3-5,10H,2,9H2,1H3;1H3. The van der Waals surface area contributed by atoms with Crippen molar-refractivity contribution in [2.24, 2.45) is 0 Å². The van der Waals surface area contributed by atoms with Crippen LogP contribution in [0.15, 0.2) is 18.2 Å². The maximum absolute atomic E-state index is 9.11. The number of nitrogens with two attached hydrogens (primary N) is 1. The molecule has 1 rings (SSSR count). The molecule has 0 saturated carbocycles. The molecule has 0 saturated heterocycles. The molecule has 62 valence electrons. The van der Waals surface area contributed by atoms with Crippen molar-refractivity contribution in [3.8, 4) is 5.75 Å². The average molecular weight is 154 g/mol. The Kier molecular flexibility index (Phi) is 3.40. The fourth-order valence-corrected chi connectivity index (χ4v) is 0.908. The summed E-state index contributed by atoms with van der Waals surface area (Å²) in [7, 11) is 0. The van der Waals surface area contributed by atoms with Gasteiger partial charge < -0.3 is 17.0 Å². The summed E-state index contributed by atoms with van der Waals surface area (Å²) in [6.07, 6.45) is 0.861. The first kappa shape index (κ1) is 9.78. The monoisotopic (exact) mass is 154 g/mol. The molecule has 0 unspecified atom stereocenters. The molecule has 11 heavy (non-hydrogen) atoms. The number of aromatic hydroxyl groups is 1. The fraction of sp³-hybridized carbons (Fsp3) is 0.250. The van der Waals surface area contributed by atoms with Crippen molar-refractivity contribution in [3.63, 3.8) is 0 Å². The van der Waals surface area contributed by atoms with Gasteiger partial charge in [-0.05, 0) is 18.1 Å². The van der Waals surface area contributed by atoms with Crippen LogP contribution >= 0.6 is 0 Å². The third kappa shape index (κ3) is 1.85. The molecular formula is C8H14N2O. The summed E-state index contributed by atoms with van der Waals surface area (Å²) in [5.41, 5.74) is 7.05. The predicted molar refractivity (Wildman–Crippen MR) is 46.9 cm³/mol. The van der Waals surface area contributed by atoms with Crippen LogP contribution in [0, 0.1) is 0 Å². The molecule has 1 aromatic rings. The molecule has 3 nitrogen and oxygen atoms in total. The Morgan fingerprint density at radius 1 is 1.45 bits per heavy atom. The van der Waals surface area contributed by atoms with Crippen LogP contribution < -0.4 is 11.9 Å². The molecule has 0 aliphatic heterocycles. The Morgan fingerprint density at radius 3 is 2.55 bits per heavy atom. The zero-order valence-electron chi connectivity index (χ0n) is 6.67. The minimum absolute atomic E-state index is 0. The third-order valence-corrected chi connectivity index (χ3v) is 1.55. The number of hydrogen-bond donors (Lipinski definition) is 3. The molecule has 0 aliphatic carbocycles.